The lowest BCUT2D eigenvalue weighted by Crippen LogP contribution is -2.24. The number of nitrogen functional groups attached to an aromatic ring is 1. The summed E-state index contributed by atoms with van der Waals surface area (Å²) >= 11 is 1.43. The minimum Gasteiger partial charge on any atom is -0.397 e. The normalized spacial score (nSPS) is 12.0. The van der Waals surface area contributed by atoms with Crippen LogP contribution >= 0.6 is 11.8 Å². The molecule has 5 heteroatoms. The van der Waals surface area contributed by atoms with Crippen LogP contribution in [0.25, 0.3) is 0 Å². The zero-order valence-corrected chi connectivity index (χ0v) is 14.6. The summed E-state index contributed by atoms with van der Waals surface area (Å²) in [6.07, 6.45) is 3.39. The number of hydrogen-bond acceptors (Lipinski definition) is 4. The van der Waals surface area contributed by atoms with Gasteiger partial charge in [0.1, 0.15) is 0 Å². The summed E-state index contributed by atoms with van der Waals surface area (Å²) in [6.45, 7) is 6.08. The number of nitrogens with one attached hydrogen (secondary N) is 1. The Labute approximate surface area is 141 Å². The molecule has 0 bridgehead atoms. The highest BCUT2D eigenvalue weighted by atomic mass is 32.2. The number of pyridine rings is 1. The van der Waals surface area contributed by atoms with Gasteiger partial charge in [-0.2, -0.15) is 0 Å². The van der Waals surface area contributed by atoms with Crippen LogP contribution in [0.2, 0.25) is 0 Å². The third-order valence-corrected chi connectivity index (χ3v) is 4.72. The molecule has 1 amide bonds. The fraction of sp³-hybridized carbons (Fsp3) is 0.333. The highest BCUT2D eigenvalue weighted by Crippen LogP contribution is 2.26. The molecule has 0 saturated heterocycles. The number of para-hydroxylation sites is 1. The number of benzene rings is 1. The molecular weight excluding hydrogens is 306 g/mol. The molecule has 23 heavy (non-hydrogen) atoms. The smallest absolute Gasteiger partial charge is 0.237 e. The van der Waals surface area contributed by atoms with Gasteiger partial charge in [0, 0.05) is 5.69 Å². The number of anilines is 2. The maximum Gasteiger partial charge on any atom is 0.237 e. The Morgan fingerprint density at radius 1 is 1.22 bits per heavy atom. The van der Waals surface area contributed by atoms with Crippen LogP contribution in [0.15, 0.2) is 41.6 Å². The lowest BCUT2D eigenvalue weighted by molar-refractivity contribution is -0.115. The van der Waals surface area contributed by atoms with Crippen molar-refractivity contribution in [3.63, 3.8) is 0 Å². The number of aryl methyl sites for hydroxylation is 2. The summed E-state index contributed by atoms with van der Waals surface area (Å²) < 4.78 is 0. The average molecular weight is 329 g/mol. The van der Waals surface area contributed by atoms with Crippen molar-refractivity contribution in [1.82, 2.24) is 4.98 Å². The molecule has 2 aromatic rings. The van der Waals surface area contributed by atoms with E-state index in [1.807, 2.05) is 19.1 Å². The number of aromatic nitrogens is 1. The van der Waals surface area contributed by atoms with Crippen molar-refractivity contribution in [3.8, 4) is 0 Å². The quantitative estimate of drug-likeness (QED) is 0.789. The second-order valence-corrected chi connectivity index (χ2v) is 6.70. The highest BCUT2D eigenvalue weighted by Gasteiger charge is 2.17. The third kappa shape index (κ3) is 4.48. The first-order chi connectivity index (χ1) is 11.0. The van der Waals surface area contributed by atoms with E-state index < -0.39 is 0 Å². The lowest BCUT2D eigenvalue weighted by atomic mass is 10.0. The molecule has 0 aliphatic carbocycles. The van der Waals surface area contributed by atoms with E-state index in [0.717, 1.165) is 23.6 Å². The van der Waals surface area contributed by atoms with Gasteiger partial charge in [-0.15, -0.1) is 0 Å². The molecule has 1 atom stereocenters. The van der Waals surface area contributed by atoms with E-state index in [2.05, 4.69) is 36.3 Å². The van der Waals surface area contributed by atoms with Crippen molar-refractivity contribution >= 4 is 29.0 Å². The second-order valence-electron chi connectivity index (χ2n) is 5.34. The number of nitrogens with zero attached hydrogens (tertiary/aromatic N) is 1. The number of carbonyl (C=O) groups excluding carboxylic acids is 1. The van der Waals surface area contributed by atoms with Gasteiger partial charge in [0.2, 0.25) is 5.91 Å². The lowest BCUT2D eigenvalue weighted by Gasteiger charge is -2.17. The number of rotatable bonds is 6. The molecule has 1 aromatic carbocycles. The standard InChI is InChI=1S/C18H23N3OS/c1-4-13-7-6-8-14(5-2)17(13)21-18(22)12(3)23-16-10-9-15(19)11-20-16/h6-12H,4-5,19H2,1-3H3,(H,21,22). The van der Waals surface area contributed by atoms with E-state index >= 15 is 0 Å². The Kier molecular flexibility index (Phi) is 6.04. The third-order valence-electron chi connectivity index (χ3n) is 3.67. The number of amides is 1. The fourth-order valence-electron chi connectivity index (χ4n) is 2.32. The van der Waals surface area contributed by atoms with Gasteiger partial charge in [-0.05, 0) is 43.0 Å². The molecule has 0 saturated carbocycles. The van der Waals surface area contributed by atoms with E-state index in [9.17, 15) is 4.79 Å². The molecule has 0 spiro atoms. The van der Waals surface area contributed by atoms with E-state index in [0.29, 0.717) is 5.69 Å². The summed E-state index contributed by atoms with van der Waals surface area (Å²) in [5.74, 6) is -0.00998. The molecule has 0 fully saturated rings. The molecule has 0 aliphatic heterocycles. The Morgan fingerprint density at radius 2 is 1.87 bits per heavy atom. The van der Waals surface area contributed by atoms with Crippen molar-refractivity contribution in [3.05, 3.63) is 47.7 Å². The van der Waals surface area contributed by atoms with Gasteiger partial charge in [0.25, 0.3) is 0 Å². The second kappa shape index (κ2) is 8.02. The molecular formula is C18H23N3OS. The van der Waals surface area contributed by atoms with Crippen molar-refractivity contribution < 1.29 is 4.79 Å². The number of hydrogen-bond donors (Lipinski definition) is 2. The Hall–Kier alpha value is -2.01. The van der Waals surface area contributed by atoms with E-state index in [1.54, 1.807) is 12.3 Å². The molecule has 1 heterocycles. The number of nitrogens with two attached hydrogens (primary N) is 1. The summed E-state index contributed by atoms with van der Waals surface area (Å²) in [6, 6.07) is 9.80. The summed E-state index contributed by atoms with van der Waals surface area (Å²) in [5.41, 5.74) is 9.55. The van der Waals surface area contributed by atoms with Crippen LogP contribution in [-0.4, -0.2) is 16.1 Å². The number of carbonyl (C=O) groups is 1. The molecule has 122 valence electrons. The minimum absolute atomic E-state index is 0.00998. The predicted octanol–water partition coefficient (Wildman–Crippen LogP) is 3.91. The van der Waals surface area contributed by atoms with Gasteiger partial charge < -0.3 is 11.1 Å². The fourth-order valence-corrected chi connectivity index (χ4v) is 3.11. The SMILES string of the molecule is CCc1cccc(CC)c1NC(=O)C(C)Sc1ccc(N)cn1. The Balaban J connectivity index is 2.10. The summed E-state index contributed by atoms with van der Waals surface area (Å²) in [7, 11) is 0. The van der Waals surface area contributed by atoms with Crippen LogP contribution in [0.3, 0.4) is 0 Å². The van der Waals surface area contributed by atoms with Crippen LogP contribution in [0.1, 0.15) is 31.9 Å². The van der Waals surface area contributed by atoms with Gasteiger partial charge in [-0.25, -0.2) is 4.98 Å². The van der Waals surface area contributed by atoms with Crippen molar-refractivity contribution in [2.75, 3.05) is 11.1 Å². The molecule has 0 aliphatic rings. The van der Waals surface area contributed by atoms with Gasteiger partial charge in [0.15, 0.2) is 0 Å². The van der Waals surface area contributed by atoms with Gasteiger partial charge in [0.05, 0.1) is 22.2 Å². The summed E-state index contributed by atoms with van der Waals surface area (Å²) in [5, 5.41) is 3.66. The zero-order chi connectivity index (χ0) is 16.8. The number of thioether (sulfide) groups is 1. The maximum atomic E-state index is 12.5. The summed E-state index contributed by atoms with van der Waals surface area (Å²) in [4.78, 5) is 16.8. The first-order valence-corrected chi connectivity index (χ1v) is 8.72. The molecule has 1 aromatic heterocycles. The van der Waals surface area contributed by atoms with Gasteiger partial charge in [-0.1, -0.05) is 43.8 Å². The zero-order valence-electron chi connectivity index (χ0n) is 13.8. The molecule has 4 nitrogen and oxygen atoms in total. The van der Waals surface area contributed by atoms with Crippen LogP contribution in [0.5, 0.6) is 0 Å². The molecule has 2 rings (SSSR count). The van der Waals surface area contributed by atoms with Crippen LogP contribution < -0.4 is 11.1 Å². The van der Waals surface area contributed by atoms with E-state index in [4.69, 9.17) is 5.73 Å². The Morgan fingerprint density at radius 3 is 2.39 bits per heavy atom. The molecule has 0 radical (unpaired) electrons. The van der Waals surface area contributed by atoms with Crippen molar-refractivity contribution in [2.45, 2.75) is 43.9 Å². The molecule has 1 unspecified atom stereocenters. The van der Waals surface area contributed by atoms with Crippen LogP contribution in [-0.2, 0) is 17.6 Å². The van der Waals surface area contributed by atoms with Crippen molar-refractivity contribution in [2.24, 2.45) is 0 Å². The van der Waals surface area contributed by atoms with E-state index in [-0.39, 0.29) is 11.2 Å². The maximum absolute atomic E-state index is 12.5. The monoisotopic (exact) mass is 329 g/mol. The largest absolute Gasteiger partial charge is 0.397 e. The minimum atomic E-state index is -0.235. The van der Waals surface area contributed by atoms with Gasteiger partial charge >= 0.3 is 0 Å². The van der Waals surface area contributed by atoms with E-state index in [1.165, 1.54) is 22.9 Å². The predicted molar refractivity (Wildman–Crippen MR) is 97.8 cm³/mol. The van der Waals surface area contributed by atoms with Gasteiger partial charge in [-0.3, -0.25) is 4.79 Å². The first kappa shape index (κ1) is 17.3. The Bertz CT molecular complexity index is 648. The van der Waals surface area contributed by atoms with Crippen LogP contribution in [0.4, 0.5) is 11.4 Å². The molecule has 3 N–H and O–H groups in total. The first-order valence-electron chi connectivity index (χ1n) is 7.85. The van der Waals surface area contributed by atoms with Crippen LogP contribution in [0, 0.1) is 0 Å². The van der Waals surface area contributed by atoms with Crippen molar-refractivity contribution in [1.29, 1.82) is 0 Å². The topological polar surface area (TPSA) is 68.0 Å². The average Bonchev–Trinajstić information content (AvgIpc) is 2.56. The highest BCUT2D eigenvalue weighted by molar-refractivity contribution is 8.00.